The molecule has 0 radical (unpaired) electrons. The average molecular weight is 1110 g/mol. The third kappa shape index (κ3) is 18.5. The summed E-state index contributed by atoms with van der Waals surface area (Å²) in [6.07, 6.45) is 3.12. The second kappa shape index (κ2) is 32.2. The Morgan fingerprint density at radius 1 is 0.821 bits per heavy atom. The first kappa shape index (κ1) is 66.9. The Morgan fingerprint density at radius 2 is 1.53 bits per heavy atom. The number of ether oxygens (including phenoxy) is 6. The van der Waals surface area contributed by atoms with Gasteiger partial charge in [0, 0.05) is 51.4 Å². The van der Waals surface area contributed by atoms with Gasteiger partial charge in [0.05, 0.1) is 50.3 Å². The van der Waals surface area contributed by atoms with Crippen molar-refractivity contribution in [3.05, 3.63) is 47.6 Å². The van der Waals surface area contributed by atoms with Crippen LogP contribution in [0.25, 0.3) is 0 Å². The number of nitrogens with zero attached hydrogens (tertiary/aromatic N) is 1. The number of cyclic esters (lactones) is 1. The molecule has 0 aromatic carbocycles. The van der Waals surface area contributed by atoms with Crippen LogP contribution in [-0.4, -0.2) is 189 Å². The second-order valence-corrected chi connectivity index (χ2v) is 22.8. The first-order valence-corrected chi connectivity index (χ1v) is 28.4. The number of amides is 1. The molecule has 3 fully saturated rings. The minimum atomic E-state index is -2.61. The lowest BCUT2D eigenvalue weighted by Crippen LogP contribution is -2.61. The van der Waals surface area contributed by atoms with Gasteiger partial charge in [0.15, 0.2) is 5.78 Å². The van der Waals surface area contributed by atoms with Crippen molar-refractivity contribution in [2.24, 2.45) is 35.5 Å². The smallest absolute Gasteiger partial charge is 0.329 e. The molecule has 7 N–H and O–H groups in total. The van der Waals surface area contributed by atoms with Gasteiger partial charge in [-0.05, 0) is 113 Å². The standard InChI is InChI=1S/C59H95NO18/c1-11-44(62)53(67)54(68)46(64)33-76-48-31-42-22-20-40(8)59(72,78-42)56(69)57(70)60-24-16-15-19-43(60)58(71)77-49(37(5)29-41-21-23-47(75-26-25-61)50(30-41)73-9)32-45(63)36(4)28-39(7)52(66)55(74-10)51(65)38(6)27-34(2)17-13-12-14-18-35(48)3/h12-14,17-18,28,34,36-38,40-44,46-50,52-55,61-62,64,66-68,72H,11,15-16,19-27,29-33H2,1-10H3/b14-12+,17-13+,35-18+,39-28+/t34-,36-,37-,38-,40-,41+,42+,43+,44?,46?,47-,48-,49+,50-,52-,53?,54?,55?,59-/m1/s1. The molecule has 2 saturated heterocycles. The zero-order valence-corrected chi connectivity index (χ0v) is 47.9. The number of aliphatic hydroxyl groups is 7. The predicted molar refractivity (Wildman–Crippen MR) is 289 cm³/mol. The van der Waals surface area contributed by atoms with Crippen LogP contribution in [0.3, 0.4) is 0 Å². The van der Waals surface area contributed by atoms with E-state index in [4.69, 9.17) is 28.4 Å². The molecular formula is C59H95NO18. The number of hydrogen-bond acceptors (Lipinski definition) is 18. The molecule has 1 amide bonds. The topological polar surface area (TPSA) is 286 Å². The number of hydrogen-bond donors (Lipinski definition) is 7. The fraction of sp³-hybridized carbons (Fsp3) is 0.780. The highest BCUT2D eigenvalue weighted by atomic mass is 16.6. The fourth-order valence-corrected chi connectivity index (χ4v) is 11.4. The van der Waals surface area contributed by atoms with E-state index in [-0.39, 0.29) is 87.5 Å². The summed E-state index contributed by atoms with van der Waals surface area (Å²) in [5, 5.41) is 75.3. The monoisotopic (exact) mass is 1110 g/mol. The number of methoxy groups -OCH3 is 2. The average Bonchev–Trinajstić information content (AvgIpc) is 3.46. The second-order valence-electron chi connectivity index (χ2n) is 22.8. The van der Waals surface area contributed by atoms with Gasteiger partial charge >= 0.3 is 5.97 Å². The summed E-state index contributed by atoms with van der Waals surface area (Å²) in [5.74, 6) is -8.98. The maximum absolute atomic E-state index is 14.6. The molecule has 444 valence electrons. The van der Waals surface area contributed by atoms with Gasteiger partial charge in [-0.25, -0.2) is 4.79 Å². The van der Waals surface area contributed by atoms with Crippen molar-refractivity contribution in [2.45, 2.75) is 218 Å². The molecule has 0 spiro atoms. The summed E-state index contributed by atoms with van der Waals surface area (Å²) in [5.41, 5.74) is 0.959. The van der Waals surface area contributed by atoms with E-state index in [1.165, 1.54) is 7.11 Å². The zero-order valence-electron chi connectivity index (χ0n) is 47.9. The number of ketones is 3. The summed E-state index contributed by atoms with van der Waals surface area (Å²) >= 11 is 0. The molecule has 19 heteroatoms. The Kier molecular flexibility index (Phi) is 27.6. The SMILES string of the molecule is CCC(O)C(O)C(O)C(O)CO[C@@H]1C[C@@H]2CC[C@@H](C)[C@@](O)(O2)C(=O)C(=O)N2CCCC[C@H]2C(=O)O[C@H]([C@H](C)C[C@@H]2CC[C@@H](OCCO)[C@H](OC)C2)CC(=O)[C@H](C)/C=C(\C)[C@@H](O)C(OC)C(=O)[C@H](C)C[C@H](C)/C=C/C=C/C=C/1C. The molecule has 5 unspecified atom stereocenters. The van der Waals surface area contributed by atoms with Crippen LogP contribution in [0.4, 0.5) is 0 Å². The van der Waals surface area contributed by atoms with E-state index in [0.29, 0.717) is 56.1 Å². The number of carbonyl (C=O) groups is 5. The quantitative estimate of drug-likeness (QED) is 0.0679. The maximum Gasteiger partial charge on any atom is 0.329 e. The summed E-state index contributed by atoms with van der Waals surface area (Å²) in [6, 6.07) is -1.23. The Hall–Kier alpha value is -3.57. The van der Waals surface area contributed by atoms with Crippen molar-refractivity contribution in [3.8, 4) is 0 Å². The largest absolute Gasteiger partial charge is 0.460 e. The molecule has 78 heavy (non-hydrogen) atoms. The van der Waals surface area contributed by atoms with Crippen LogP contribution < -0.4 is 0 Å². The molecule has 1 saturated carbocycles. The summed E-state index contributed by atoms with van der Waals surface area (Å²) in [6.45, 7) is 13.4. The molecule has 0 aromatic heterocycles. The molecule has 4 aliphatic rings. The van der Waals surface area contributed by atoms with Crippen LogP contribution in [0.15, 0.2) is 47.6 Å². The van der Waals surface area contributed by atoms with E-state index < -0.39 is 115 Å². The van der Waals surface area contributed by atoms with Crippen molar-refractivity contribution >= 4 is 29.2 Å². The molecule has 2 bridgehead atoms. The highest BCUT2D eigenvalue weighted by Crippen LogP contribution is 2.38. The van der Waals surface area contributed by atoms with Gasteiger partial charge in [0.2, 0.25) is 5.79 Å². The molecule has 4 rings (SSSR count). The molecule has 19 nitrogen and oxygen atoms in total. The van der Waals surface area contributed by atoms with E-state index in [9.17, 15) is 59.7 Å². The van der Waals surface area contributed by atoms with Crippen LogP contribution in [0.2, 0.25) is 0 Å². The highest BCUT2D eigenvalue weighted by molar-refractivity contribution is 6.39. The van der Waals surface area contributed by atoms with E-state index in [0.717, 1.165) is 11.3 Å². The first-order chi connectivity index (χ1) is 36.9. The van der Waals surface area contributed by atoms with Gasteiger partial charge in [-0.15, -0.1) is 0 Å². The van der Waals surface area contributed by atoms with Crippen LogP contribution >= 0.6 is 0 Å². The minimum absolute atomic E-state index is 0.00421. The lowest BCUT2D eigenvalue weighted by Gasteiger charge is -2.43. The maximum atomic E-state index is 14.6. The molecular weight excluding hydrogens is 1010 g/mol. The van der Waals surface area contributed by atoms with Crippen LogP contribution in [0, 0.1) is 35.5 Å². The van der Waals surface area contributed by atoms with E-state index in [1.54, 1.807) is 73.0 Å². The summed E-state index contributed by atoms with van der Waals surface area (Å²) in [4.78, 5) is 72.9. The lowest BCUT2D eigenvalue weighted by molar-refractivity contribution is -0.266. The van der Waals surface area contributed by atoms with Crippen molar-refractivity contribution in [1.29, 1.82) is 0 Å². The molecule has 0 aromatic rings. The van der Waals surface area contributed by atoms with Crippen molar-refractivity contribution < 1.29 is 88.1 Å². The van der Waals surface area contributed by atoms with Crippen molar-refractivity contribution in [3.63, 3.8) is 0 Å². The number of carbonyl (C=O) groups excluding carboxylic acids is 5. The lowest BCUT2D eigenvalue weighted by atomic mass is 9.78. The van der Waals surface area contributed by atoms with Gasteiger partial charge in [-0.2, -0.15) is 0 Å². The first-order valence-electron chi connectivity index (χ1n) is 28.4. The number of rotatable bonds is 15. The van der Waals surface area contributed by atoms with Gasteiger partial charge in [0.1, 0.15) is 48.4 Å². The number of piperidine rings is 1. The molecule has 3 aliphatic heterocycles. The van der Waals surface area contributed by atoms with E-state index >= 15 is 0 Å². The molecule has 19 atom stereocenters. The number of fused-ring (bicyclic) bond motifs is 3. The normalized spacial score (nSPS) is 37.4. The van der Waals surface area contributed by atoms with Gasteiger partial charge in [-0.1, -0.05) is 78.0 Å². The molecule has 3 heterocycles. The zero-order chi connectivity index (χ0) is 58.0. The minimum Gasteiger partial charge on any atom is -0.460 e. The molecule has 1 aliphatic carbocycles. The third-order valence-electron chi connectivity index (χ3n) is 16.6. The van der Waals surface area contributed by atoms with Crippen molar-refractivity contribution in [1.82, 2.24) is 4.90 Å². The Balaban J connectivity index is 1.73. The van der Waals surface area contributed by atoms with Gasteiger partial charge in [-0.3, -0.25) is 19.2 Å². The highest BCUT2D eigenvalue weighted by Gasteiger charge is 2.53. The Morgan fingerprint density at radius 3 is 2.19 bits per heavy atom. The summed E-state index contributed by atoms with van der Waals surface area (Å²) in [7, 11) is 2.96. The number of aliphatic hydroxyl groups excluding tert-OH is 6. The number of allylic oxidation sites excluding steroid dienone is 6. The van der Waals surface area contributed by atoms with Crippen LogP contribution in [-0.2, 0) is 52.4 Å². The number of esters is 1. The third-order valence-corrected chi connectivity index (χ3v) is 16.6. The predicted octanol–water partition coefficient (Wildman–Crippen LogP) is 4.42. The van der Waals surface area contributed by atoms with E-state index in [2.05, 4.69) is 0 Å². The Bertz CT molecular complexity index is 2060. The van der Waals surface area contributed by atoms with Gasteiger partial charge < -0.3 is 69.1 Å². The van der Waals surface area contributed by atoms with Crippen molar-refractivity contribution in [2.75, 3.05) is 40.6 Å². The summed E-state index contributed by atoms with van der Waals surface area (Å²) < 4.78 is 36.0. The van der Waals surface area contributed by atoms with Crippen LogP contribution in [0.1, 0.15) is 139 Å². The number of Topliss-reactive ketones (excluding diaryl/α,β-unsaturated/α-hetero) is 3. The van der Waals surface area contributed by atoms with E-state index in [1.807, 2.05) is 26.0 Å². The Labute approximate surface area is 462 Å². The van der Waals surface area contributed by atoms with Crippen LogP contribution in [0.5, 0.6) is 0 Å². The van der Waals surface area contributed by atoms with Gasteiger partial charge in [0.25, 0.3) is 11.7 Å². The fourth-order valence-electron chi connectivity index (χ4n) is 11.4.